The standard InChI is InChI=1S/C9H20N2O2S.ClH/c1-8(2,3)11-14(12,13)9(7-10)5-4-6-9;/h11H,4-7,10H2,1-3H3;1H. The van der Waals surface area contributed by atoms with Crippen molar-refractivity contribution in [3.63, 3.8) is 0 Å². The summed E-state index contributed by atoms with van der Waals surface area (Å²) in [4.78, 5) is 0. The van der Waals surface area contributed by atoms with Crippen molar-refractivity contribution in [1.82, 2.24) is 4.72 Å². The lowest BCUT2D eigenvalue weighted by molar-refractivity contribution is 0.333. The number of nitrogens with two attached hydrogens (primary N) is 1. The highest BCUT2D eigenvalue weighted by atomic mass is 35.5. The van der Waals surface area contributed by atoms with Crippen LogP contribution in [0.1, 0.15) is 40.0 Å². The van der Waals surface area contributed by atoms with Crippen LogP contribution >= 0.6 is 12.4 Å². The van der Waals surface area contributed by atoms with E-state index in [9.17, 15) is 8.42 Å². The number of hydrogen-bond donors (Lipinski definition) is 2. The van der Waals surface area contributed by atoms with Crippen LogP contribution in [0.2, 0.25) is 0 Å². The van der Waals surface area contributed by atoms with E-state index in [1.54, 1.807) is 0 Å². The average molecular weight is 257 g/mol. The SMILES string of the molecule is CC(C)(C)NS(=O)(=O)C1(CN)CCC1.Cl. The minimum atomic E-state index is -3.27. The Hall–Kier alpha value is 0.160. The molecule has 0 aliphatic heterocycles. The van der Waals surface area contributed by atoms with Gasteiger partial charge in [-0.25, -0.2) is 13.1 Å². The summed E-state index contributed by atoms with van der Waals surface area (Å²) >= 11 is 0. The van der Waals surface area contributed by atoms with Gasteiger partial charge in [-0.05, 0) is 33.6 Å². The van der Waals surface area contributed by atoms with Crippen LogP contribution in [0, 0.1) is 0 Å². The predicted octanol–water partition coefficient (Wildman–Crippen LogP) is 1.01. The molecule has 0 radical (unpaired) electrons. The van der Waals surface area contributed by atoms with Gasteiger partial charge < -0.3 is 5.73 Å². The summed E-state index contributed by atoms with van der Waals surface area (Å²) < 4.78 is 26.0. The largest absolute Gasteiger partial charge is 0.329 e. The van der Waals surface area contributed by atoms with Crippen LogP contribution in [0.15, 0.2) is 0 Å². The molecule has 15 heavy (non-hydrogen) atoms. The van der Waals surface area contributed by atoms with Crippen molar-refractivity contribution >= 4 is 22.4 Å². The van der Waals surface area contributed by atoms with Gasteiger partial charge in [-0.15, -0.1) is 12.4 Å². The highest BCUT2D eigenvalue weighted by Gasteiger charge is 2.48. The quantitative estimate of drug-likeness (QED) is 0.792. The van der Waals surface area contributed by atoms with Crippen molar-refractivity contribution < 1.29 is 8.42 Å². The first kappa shape index (κ1) is 15.2. The Morgan fingerprint density at radius 2 is 1.80 bits per heavy atom. The van der Waals surface area contributed by atoms with E-state index in [2.05, 4.69) is 4.72 Å². The summed E-state index contributed by atoms with van der Waals surface area (Å²) in [5.74, 6) is 0. The van der Waals surface area contributed by atoms with Gasteiger partial charge in [0, 0.05) is 12.1 Å². The third-order valence-corrected chi connectivity index (χ3v) is 5.24. The summed E-state index contributed by atoms with van der Waals surface area (Å²) in [6.45, 7) is 5.74. The minimum Gasteiger partial charge on any atom is -0.329 e. The Bertz CT molecular complexity index is 299. The van der Waals surface area contributed by atoms with Crippen LogP contribution < -0.4 is 10.5 Å². The number of nitrogens with one attached hydrogen (secondary N) is 1. The second-order valence-electron chi connectivity index (χ2n) is 5.10. The molecule has 3 N–H and O–H groups in total. The van der Waals surface area contributed by atoms with Crippen molar-refractivity contribution in [2.45, 2.75) is 50.3 Å². The Labute approximate surface area is 98.5 Å². The lowest BCUT2D eigenvalue weighted by Gasteiger charge is -2.41. The second kappa shape index (κ2) is 4.57. The van der Waals surface area contributed by atoms with Gasteiger partial charge in [-0.3, -0.25) is 0 Å². The molecule has 0 bridgehead atoms. The smallest absolute Gasteiger partial charge is 0.219 e. The van der Waals surface area contributed by atoms with Gasteiger partial charge in [0.2, 0.25) is 10.0 Å². The number of hydrogen-bond acceptors (Lipinski definition) is 3. The number of rotatable bonds is 3. The first-order chi connectivity index (χ1) is 6.22. The van der Waals surface area contributed by atoms with Crippen molar-refractivity contribution in [3.8, 4) is 0 Å². The minimum absolute atomic E-state index is 0. The van der Waals surface area contributed by atoms with Crippen molar-refractivity contribution in [2.75, 3.05) is 6.54 Å². The molecule has 6 heteroatoms. The first-order valence-corrected chi connectivity index (χ1v) is 6.44. The van der Waals surface area contributed by atoms with Gasteiger partial charge in [0.25, 0.3) is 0 Å². The molecule has 0 aromatic rings. The summed E-state index contributed by atoms with van der Waals surface area (Å²) in [5, 5.41) is 0. The molecule has 1 aliphatic carbocycles. The highest BCUT2D eigenvalue weighted by Crippen LogP contribution is 2.38. The molecule has 0 spiro atoms. The predicted molar refractivity (Wildman–Crippen MR) is 64.7 cm³/mol. The van der Waals surface area contributed by atoms with Gasteiger partial charge in [0.1, 0.15) is 0 Å². The van der Waals surface area contributed by atoms with Gasteiger partial charge in [0.05, 0.1) is 4.75 Å². The summed E-state index contributed by atoms with van der Waals surface area (Å²) in [7, 11) is -3.27. The molecule has 0 unspecified atom stereocenters. The zero-order valence-corrected chi connectivity index (χ0v) is 11.2. The fraction of sp³-hybridized carbons (Fsp3) is 1.00. The maximum atomic E-state index is 12.0. The van der Waals surface area contributed by atoms with Crippen LogP contribution in [0.5, 0.6) is 0 Å². The number of sulfonamides is 1. The lowest BCUT2D eigenvalue weighted by Crippen LogP contribution is -2.59. The van der Waals surface area contributed by atoms with Gasteiger partial charge in [0.15, 0.2) is 0 Å². The molecule has 1 saturated carbocycles. The molecule has 0 amide bonds. The fourth-order valence-electron chi connectivity index (χ4n) is 1.67. The third-order valence-electron chi connectivity index (χ3n) is 2.65. The molecule has 1 aliphatic rings. The Kier molecular flexibility index (Phi) is 4.62. The van der Waals surface area contributed by atoms with Crippen molar-refractivity contribution in [2.24, 2.45) is 5.73 Å². The normalized spacial score (nSPS) is 20.3. The van der Waals surface area contributed by atoms with Crippen molar-refractivity contribution in [3.05, 3.63) is 0 Å². The zero-order valence-electron chi connectivity index (χ0n) is 9.54. The van der Waals surface area contributed by atoms with Crippen LogP contribution in [0.4, 0.5) is 0 Å². The molecule has 0 aromatic heterocycles. The average Bonchev–Trinajstić information content (AvgIpc) is 1.77. The van der Waals surface area contributed by atoms with Crippen LogP contribution in [-0.2, 0) is 10.0 Å². The molecule has 0 atom stereocenters. The third kappa shape index (κ3) is 3.06. The zero-order chi connectivity index (χ0) is 11.0. The Balaban J connectivity index is 0.00000196. The number of halogens is 1. The van der Waals surface area contributed by atoms with Crippen molar-refractivity contribution in [1.29, 1.82) is 0 Å². The van der Waals surface area contributed by atoms with E-state index in [0.717, 1.165) is 6.42 Å². The van der Waals surface area contributed by atoms with E-state index < -0.39 is 20.3 Å². The van der Waals surface area contributed by atoms with E-state index >= 15 is 0 Å². The topological polar surface area (TPSA) is 72.2 Å². The molecule has 0 heterocycles. The molecular weight excluding hydrogens is 236 g/mol. The maximum Gasteiger partial charge on any atom is 0.219 e. The first-order valence-electron chi connectivity index (χ1n) is 4.96. The second-order valence-corrected chi connectivity index (χ2v) is 7.17. The monoisotopic (exact) mass is 256 g/mol. The molecule has 1 fully saturated rings. The van der Waals surface area contributed by atoms with E-state index in [4.69, 9.17) is 5.73 Å². The molecule has 0 saturated heterocycles. The molecule has 0 aromatic carbocycles. The Morgan fingerprint density at radius 1 is 1.33 bits per heavy atom. The molecule has 4 nitrogen and oxygen atoms in total. The molecule has 92 valence electrons. The van der Waals surface area contributed by atoms with E-state index in [1.807, 2.05) is 20.8 Å². The summed E-state index contributed by atoms with van der Waals surface area (Å²) in [6, 6.07) is 0. The molecule has 1 rings (SSSR count). The van der Waals surface area contributed by atoms with Gasteiger partial charge in [-0.2, -0.15) is 0 Å². The highest BCUT2D eigenvalue weighted by molar-refractivity contribution is 7.91. The van der Waals surface area contributed by atoms with Crippen LogP contribution in [0.3, 0.4) is 0 Å². The molecular formula is C9H21ClN2O2S. The summed E-state index contributed by atoms with van der Waals surface area (Å²) in [5.41, 5.74) is 5.13. The van der Waals surface area contributed by atoms with E-state index in [1.165, 1.54) is 0 Å². The van der Waals surface area contributed by atoms with E-state index in [-0.39, 0.29) is 19.0 Å². The van der Waals surface area contributed by atoms with Crippen LogP contribution in [0.25, 0.3) is 0 Å². The Morgan fingerprint density at radius 3 is 2.00 bits per heavy atom. The van der Waals surface area contributed by atoms with Gasteiger partial charge >= 0.3 is 0 Å². The summed E-state index contributed by atoms with van der Waals surface area (Å²) in [6.07, 6.45) is 2.34. The van der Waals surface area contributed by atoms with Crippen LogP contribution in [-0.4, -0.2) is 25.2 Å². The van der Waals surface area contributed by atoms with Gasteiger partial charge in [-0.1, -0.05) is 6.42 Å². The lowest BCUT2D eigenvalue weighted by atomic mass is 9.84. The maximum absolute atomic E-state index is 12.0. The van der Waals surface area contributed by atoms with E-state index in [0.29, 0.717) is 12.8 Å². The fourth-order valence-corrected chi connectivity index (χ4v) is 3.73.